The Morgan fingerprint density at radius 1 is 1.10 bits per heavy atom. The average molecular weight is 467 g/mol. The number of carbonyl (C=O) groups is 1. The van der Waals surface area contributed by atoms with Gasteiger partial charge in [-0.25, -0.2) is 9.97 Å². The number of piperidine rings is 1. The Kier molecular flexibility index (Phi) is 6.28. The van der Waals surface area contributed by atoms with Gasteiger partial charge in [-0.05, 0) is 56.2 Å². The van der Waals surface area contributed by atoms with Gasteiger partial charge in [-0.3, -0.25) is 4.79 Å². The van der Waals surface area contributed by atoms with Crippen molar-refractivity contribution in [2.24, 2.45) is 5.92 Å². The zero-order chi connectivity index (χ0) is 20.9. The van der Waals surface area contributed by atoms with Crippen molar-refractivity contribution in [3.05, 3.63) is 71.0 Å². The molecule has 0 radical (unpaired) electrons. The monoisotopic (exact) mass is 466 g/mol. The van der Waals surface area contributed by atoms with E-state index in [1.165, 1.54) is 0 Å². The van der Waals surface area contributed by atoms with Gasteiger partial charge in [0.05, 0.1) is 5.92 Å². The summed E-state index contributed by atoms with van der Waals surface area (Å²) < 4.78 is 6.98. The first kappa shape index (κ1) is 20.3. The fourth-order valence-corrected chi connectivity index (χ4v) is 3.75. The van der Waals surface area contributed by atoms with Crippen molar-refractivity contribution in [2.75, 3.05) is 23.3 Å². The van der Waals surface area contributed by atoms with Crippen LogP contribution >= 0.6 is 15.9 Å². The molecule has 0 aliphatic carbocycles. The van der Waals surface area contributed by atoms with Crippen LogP contribution in [0, 0.1) is 12.8 Å². The quantitative estimate of drug-likeness (QED) is 0.559. The fourth-order valence-electron chi connectivity index (χ4n) is 3.49. The van der Waals surface area contributed by atoms with E-state index in [-0.39, 0.29) is 11.8 Å². The van der Waals surface area contributed by atoms with Crippen molar-refractivity contribution in [1.29, 1.82) is 0 Å². The van der Waals surface area contributed by atoms with Gasteiger partial charge in [0.2, 0.25) is 5.91 Å². The fraction of sp³-hybridized carbons (Fsp3) is 0.261. The summed E-state index contributed by atoms with van der Waals surface area (Å²) in [5.41, 5.74) is 1.96. The van der Waals surface area contributed by atoms with Gasteiger partial charge >= 0.3 is 0 Å². The number of benzene rings is 2. The molecule has 0 saturated carbocycles. The van der Waals surface area contributed by atoms with Crippen molar-refractivity contribution in [1.82, 2.24) is 9.97 Å². The van der Waals surface area contributed by atoms with Crippen LogP contribution in [0.5, 0.6) is 11.6 Å². The first-order valence-electron chi connectivity index (χ1n) is 9.95. The van der Waals surface area contributed by atoms with E-state index in [1.807, 2.05) is 55.5 Å². The molecule has 4 rings (SSSR count). The van der Waals surface area contributed by atoms with Gasteiger partial charge in [-0.15, -0.1) is 0 Å². The van der Waals surface area contributed by atoms with Crippen molar-refractivity contribution < 1.29 is 9.53 Å². The van der Waals surface area contributed by atoms with E-state index in [9.17, 15) is 4.79 Å². The number of aromatic nitrogens is 2. The number of aryl methyl sites for hydroxylation is 1. The molecule has 1 amide bonds. The maximum Gasteiger partial charge on any atom is 0.263 e. The third-order valence-corrected chi connectivity index (χ3v) is 5.61. The van der Waals surface area contributed by atoms with Crippen LogP contribution in [0.15, 0.2) is 65.4 Å². The lowest BCUT2D eigenvalue weighted by atomic mass is 9.97. The molecule has 1 fully saturated rings. The number of nitrogens with one attached hydrogen (secondary N) is 1. The maximum absolute atomic E-state index is 12.8. The largest absolute Gasteiger partial charge is 0.436 e. The van der Waals surface area contributed by atoms with Crippen LogP contribution in [0.2, 0.25) is 0 Å². The van der Waals surface area contributed by atoms with Gasteiger partial charge < -0.3 is 15.0 Å². The Morgan fingerprint density at radius 3 is 2.60 bits per heavy atom. The second-order valence-corrected chi connectivity index (χ2v) is 8.30. The molecule has 7 heteroatoms. The van der Waals surface area contributed by atoms with E-state index in [4.69, 9.17) is 4.74 Å². The maximum atomic E-state index is 12.8. The zero-order valence-corrected chi connectivity index (χ0v) is 18.3. The molecule has 6 nitrogen and oxygen atoms in total. The standard InChI is InChI=1S/C23H23BrN4O2/c1-16-4-10-20(11-5-16)30-23-21(25-12-13-26-23)28-14-2-3-17(15-28)22(29)27-19-8-6-18(24)7-9-19/h4-13,17H,2-3,14-15H2,1H3,(H,27,29). The molecule has 2 aromatic carbocycles. The van der Waals surface area contributed by atoms with E-state index in [0.29, 0.717) is 24.0 Å². The first-order chi connectivity index (χ1) is 14.6. The van der Waals surface area contributed by atoms with Crippen LogP contribution < -0.4 is 15.0 Å². The highest BCUT2D eigenvalue weighted by molar-refractivity contribution is 9.10. The minimum Gasteiger partial charge on any atom is -0.436 e. The van der Waals surface area contributed by atoms with E-state index < -0.39 is 0 Å². The summed E-state index contributed by atoms with van der Waals surface area (Å²) in [4.78, 5) is 23.8. The second-order valence-electron chi connectivity index (χ2n) is 7.38. The molecule has 30 heavy (non-hydrogen) atoms. The summed E-state index contributed by atoms with van der Waals surface area (Å²) >= 11 is 3.41. The van der Waals surface area contributed by atoms with Crippen LogP contribution in [0.1, 0.15) is 18.4 Å². The molecule has 3 aromatic rings. The number of halogens is 1. The second kappa shape index (κ2) is 9.26. The number of rotatable bonds is 5. The van der Waals surface area contributed by atoms with Crippen LogP contribution in [0.4, 0.5) is 11.5 Å². The van der Waals surface area contributed by atoms with Gasteiger partial charge in [0, 0.05) is 35.6 Å². The number of hydrogen-bond donors (Lipinski definition) is 1. The van der Waals surface area contributed by atoms with Gasteiger partial charge in [0.15, 0.2) is 5.82 Å². The normalized spacial score (nSPS) is 16.2. The highest BCUT2D eigenvalue weighted by Gasteiger charge is 2.28. The van der Waals surface area contributed by atoms with Crippen LogP contribution in [0.3, 0.4) is 0 Å². The Morgan fingerprint density at radius 2 is 1.83 bits per heavy atom. The number of amides is 1. The van der Waals surface area contributed by atoms with E-state index >= 15 is 0 Å². The minimum atomic E-state index is -0.128. The third-order valence-electron chi connectivity index (χ3n) is 5.09. The van der Waals surface area contributed by atoms with Crippen molar-refractivity contribution in [3.63, 3.8) is 0 Å². The molecular weight excluding hydrogens is 444 g/mol. The lowest BCUT2D eigenvalue weighted by Crippen LogP contribution is -2.41. The molecule has 1 aliphatic heterocycles. The van der Waals surface area contributed by atoms with Crippen LogP contribution in [-0.2, 0) is 4.79 Å². The van der Waals surface area contributed by atoms with Crippen LogP contribution in [-0.4, -0.2) is 29.0 Å². The highest BCUT2D eigenvalue weighted by Crippen LogP contribution is 2.31. The van der Waals surface area contributed by atoms with Crippen molar-refractivity contribution in [2.45, 2.75) is 19.8 Å². The molecule has 1 N–H and O–H groups in total. The first-order valence-corrected chi connectivity index (χ1v) is 10.7. The van der Waals surface area contributed by atoms with Crippen molar-refractivity contribution in [3.8, 4) is 11.6 Å². The average Bonchev–Trinajstić information content (AvgIpc) is 2.77. The van der Waals surface area contributed by atoms with Crippen molar-refractivity contribution >= 4 is 33.3 Å². The lowest BCUT2D eigenvalue weighted by molar-refractivity contribution is -0.120. The van der Waals surface area contributed by atoms with E-state index in [2.05, 4.69) is 36.1 Å². The summed E-state index contributed by atoms with van der Waals surface area (Å²) in [5, 5.41) is 3.02. The lowest BCUT2D eigenvalue weighted by Gasteiger charge is -2.33. The molecule has 1 unspecified atom stereocenters. The number of ether oxygens (including phenoxy) is 1. The Bertz CT molecular complexity index is 1010. The molecule has 1 saturated heterocycles. The number of nitrogens with zero attached hydrogens (tertiary/aromatic N) is 3. The summed E-state index contributed by atoms with van der Waals surface area (Å²) in [5.74, 6) is 1.72. The molecule has 1 atom stereocenters. The number of carbonyl (C=O) groups excluding carboxylic acids is 1. The van der Waals surface area contributed by atoms with Crippen LogP contribution in [0.25, 0.3) is 0 Å². The summed E-state index contributed by atoms with van der Waals surface area (Å²) in [6, 6.07) is 15.4. The van der Waals surface area contributed by atoms with Gasteiger partial charge in [-0.1, -0.05) is 33.6 Å². The molecule has 1 aromatic heterocycles. The smallest absolute Gasteiger partial charge is 0.263 e. The summed E-state index contributed by atoms with van der Waals surface area (Å²) in [7, 11) is 0. The molecule has 2 heterocycles. The molecule has 0 spiro atoms. The molecule has 1 aliphatic rings. The highest BCUT2D eigenvalue weighted by atomic mass is 79.9. The summed E-state index contributed by atoms with van der Waals surface area (Å²) in [6.45, 7) is 3.42. The molecular formula is C23H23BrN4O2. The van der Waals surface area contributed by atoms with E-state index in [0.717, 1.165) is 35.1 Å². The number of anilines is 2. The third kappa shape index (κ3) is 4.97. The predicted molar refractivity (Wildman–Crippen MR) is 121 cm³/mol. The Labute approximate surface area is 184 Å². The molecule has 0 bridgehead atoms. The number of hydrogen-bond acceptors (Lipinski definition) is 5. The SMILES string of the molecule is Cc1ccc(Oc2nccnc2N2CCCC(C(=O)Nc3ccc(Br)cc3)C2)cc1. The van der Waals surface area contributed by atoms with Gasteiger partial charge in [-0.2, -0.15) is 0 Å². The van der Waals surface area contributed by atoms with E-state index in [1.54, 1.807) is 12.4 Å². The Balaban J connectivity index is 1.47. The van der Waals surface area contributed by atoms with Gasteiger partial charge in [0.25, 0.3) is 5.88 Å². The Hall–Kier alpha value is -2.93. The van der Waals surface area contributed by atoms with Gasteiger partial charge in [0.1, 0.15) is 5.75 Å². The predicted octanol–water partition coefficient (Wildman–Crippen LogP) is 5.19. The molecule has 154 valence electrons. The minimum absolute atomic E-state index is 0.0203. The topological polar surface area (TPSA) is 67.4 Å². The zero-order valence-electron chi connectivity index (χ0n) is 16.7. The summed E-state index contributed by atoms with van der Waals surface area (Å²) in [6.07, 6.45) is 5.02.